The van der Waals surface area contributed by atoms with Gasteiger partial charge in [-0.3, -0.25) is 4.79 Å². The molecule has 1 fully saturated rings. The summed E-state index contributed by atoms with van der Waals surface area (Å²) in [5, 5.41) is 0. The van der Waals surface area contributed by atoms with Crippen molar-refractivity contribution in [2.24, 2.45) is 0 Å². The fourth-order valence-corrected chi connectivity index (χ4v) is 3.36. The lowest BCUT2D eigenvalue weighted by atomic mass is 10.1. The van der Waals surface area contributed by atoms with E-state index in [2.05, 4.69) is 36.1 Å². The van der Waals surface area contributed by atoms with Gasteiger partial charge in [0.15, 0.2) is 0 Å². The summed E-state index contributed by atoms with van der Waals surface area (Å²) in [6.45, 7) is 6.02. The van der Waals surface area contributed by atoms with Gasteiger partial charge in [0.25, 0.3) is 0 Å². The summed E-state index contributed by atoms with van der Waals surface area (Å²) < 4.78 is 10.8. The number of carbonyl (C=O) groups excluding carboxylic acids is 1. The first kappa shape index (κ1) is 19.1. The summed E-state index contributed by atoms with van der Waals surface area (Å²) in [5.74, 6) is 1.83. The van der Waals surface area contributed by atoms with Crippen molar-refractivity contribution >= 4 is 11.6 Å². The van der Waals surface area contributed by atoms with Crippen LogP contribution in [0.2, 0.25) is 0 Å². The van der Waals surface area contributed by atoms with E-state index < -0.39 is 0 Å². The third kappa shape index (κ3) is 5.16. The van der Waals surface area contributed by atoms with Crippen molar-refractivity contribution in [1.82, 2.24) is 4.90 Å². The zero-order chi connectivity index (χ0) is 19.1. The largest absolute Gasteiger partial charge is 0.497 e. The van der Waals surface area contributed by atoms with Crippen LogP contribution < -0.4 is 14.4 Å². The van der Waals surface area contributed by atoms with Crippen LogP contribution in [0, 0.1) is 6.92 Å². The topological polar surface area (TPSA) is 42.0 Å². The number of methoxy groups -OCH3 is 1. The van der Waals surface area contributed by atoms with Gasteiger partial charge in [-0.25, -0.2) is 0 Å². The van der Waals surface area contributed by atoms with Gasteiger partial charge in [0.05, 0.1) is 13.7 Å². The van der Waals surface area contributed by atoms with Crippen molar-refractivity contribution in [2.75, 3.05) is 44.8 Å². The molecule has 0 radical (unpaired) electrons. The first-order valence-corrected chi connectivity index (χ1v) is 9.52. The highest BCUT2D eigenvalue weighted by Gasteiger charge is 2.21. The van der Waals surface area contributed by atoms with Crippen molar-refractivity contribution in [3.8, 4) is 11.5 Å². The van der Waals surface area contributed by atoms with E-state index >= 15 is 0 Å². The molecule has 1 aliphatic heterocycles. The smallest absolute Gasteiger partial charge is 0.222 e. The molecular formula is C22H28N2O3. The Bertz CT molecular complexity index is 737. The van der Waals surface area contributed by atoms with Gasteiger partial charge in [0, 0.05) is 38.3 Å². The summed E-state index contributed by atoms with van der Waals surface area (Å²) in [7, 11) is 1.64. The molecule has 2 aromatic rings. The van der Waals surface area contributed by atoms with E-state index in [1.165, 1.54) is 11.3 Å². The fraction of sp³-hybridized carbons (Fsp3) is 0.409. The molecule has 3 rings (SSSR count). The molecule has 27 heavy (non-hydrogen) atoms. The van der Waals surface area contributed by atoms with Crippen molar-refractivity contribution < 1.29 is 14.3 Å². The molecule has 0 N–H and O–H groups in total. The van der Waals surface area contributed by atoms with Crippen molar-refractivity contribution in [3.05, 3.63) is 54.1 Å². The fourth-order valence-electron chi connectivity index (χ4n) is 3.36. The van der Waals surface area contributed by atoms with Gasteiger partial charge in [-0.2, -0.15) is 0 Å². The lowest BCUT2D eigenvalue weighted by Crippen LogP contribution is -2.49. The van der Waals surface area contributed by atoms with Crippen LogP contribution in [0.15, 0.2) is 48.5 Å². The van der Waals surface area contributed by atoms with E-state index in [1.807, 2.05) is 29.2 Å². The van der Waals surface area contributed by atoms with Crippen LogP contribution in [0.4, 0.5) is 5.69 Å². The van der Waals surface area contributed by atoms with Gasteiger partial charge in [0.2, 0.25) is 5.91 Å². The Hall–Kier alpha value is -2.69. The predicted octanol–water partition coefficient (Wildman–Crippen LogP) is 3.51. The Morgan fingerprint density at radius 1 is 0.963 bits per heavy atom. The summed E-state index contributed by atoms with van der Waals surface area (Å²) in [4.78, 5) is 16.8. The molecule has 5 nitrogen and oxygen atoms in total. The number of para-hydroxylation sites is 1. The number of piperazine rings is 1. The summed E-state index contributed by atoms with van der Waals surface area (Å²) in [6.07, 6.45) is 1.25. The SMILES string of the molecule is COc1ccc(OCCCC(=O)N2CCN(c3ccccc3C)CC2)cc1. The van der Waals surface area contributed by atoms with Crippen LogP contribution >= 0.6 is 0 Å². The second kappa shape index (κ2) is 9.31. The Morgan fingerprint density at radius 2 is 1.63 bits per heavy atom. The maximum atomic E-state index is 12.4. The van der Waals surface area contributed by atoms with Gasteiger partial charge < -0.3 is 19.3 Å². The molecule has 0 spiro atoms. The second-order valence-corrected chi connectivity index (χ2v) is 6.78. The zero-order valence-electron chi connectivity index (χ0n) is 16.2. The van der Waals surface area contributed by atoms with E-state index in [0.29, 0.717) is 13.0 Å². The van der Waals surface area contributed by atoms with Gasteiger partial charge in [0.1, 0.15) is 11.5 Å². The minimum Gasteiger partial charge on any atom is -0.497 e. The van der Waals surface area contributed by atoms with Crippen LogP contribution in [0.3, 0.4) is 0 Å². The maximum Gasteiger partial charge on any atom is 0.222 e. The first-order chi connectivity index (χ1) is 13.2. The number of amides is 1. The van der Waals surface area contributed by atoms with Crippen LogP contribution in [-0.4, -0.2) is 50.7 Å². The Kier molecular flexibility index (Phi) is 6.58. The monoisotopic (exact) mass is 368 g/mol. The third-order valence-corrected chi connectivity index (χ3v) is 4.95. The normalized spacial score (nSPS) is 14.1. The molecular weight excluding hydrogens is 340 g/mol. The quantitative estimate of drug-likeness (QED) is 0.702. The Labute approximate surface area is 161 Å². The van der Waals surface area contributed by atoms with Gasteiger partial charge >= 0.3 is 0 Å². The Morgan fingerprint density at radius 3 is 2.30 bits per heavy atom. The van der Waals surface area contributed by atoms with Gasteiger partial charge in [-0.1, -0.05) is 18.2 Å². The average Bonchev–Trinajstić information content (AvgIpc) is 2.72. The molecule has 0 saturated carbocycles. The summed E-state index contributed by atoms with van der Waals surface area (Å²) in [5.41, 5.74) is 2.56. The van der Waals surface area contributed by atoms with Gasteiger partial charge in [-0.05, 0) is 49.2 Å². The lowest BCUT2D eigenvalue weighted by molar-refractivity contribution is -0.131. The van der Waals surface area contributed by atoms with Crippen molar-refractivity contribution in [3.63, 3.8) is 0 Å². The van der Waals surface area contributed by atoms with Gasteiger partial charge in [-0.15, -0.1) is 0 Å². The molecule has 2 aromatic carbocycles. The predicted molar refractivity (Wildman–Crippen MR) is 108 cm³/mol. The number of rotatable bonds is 7. The molecule has 5 heteroatoms. The molecule has 1 amide bonds. The lowest BCUT2D eigenvalue weighted by Gasteiger charge is -2.36. The summed E-state index contributed by atoms with van der Waals surface area (Å²) >= 11 is 0. The first-order valence-electron chi connectivity index (χ1n) is 9.52. The zero-order valence-corrected chi connectivity index (χ0v) is 16.2. The molecule has 0 unspecified atom stereocenters. The van der Waals surface area contributed by atoms with Crippen LogP contribution in [-0.2, 0) is 4.79 Å². The van der Waals surface area contributed by atoms with E-state index in [-0.39, 0.29) is 5.91 Å². The maximum absolute atomic E-state index is 12.4. The molecule has 0 bridgehead atoms. The number of anilines is 1. The minimum atomic E-state index is 0.220. The van der Waals surface area contributed by atoms with Crippen LogP contribution in [0.5, 0.6) is 11.5 Å². The number of carbonyl (C=O) groups is 1. The average molecular weight is 368 g/mol. The molecule has 0 aliphatic carbocycles. The molecule has 1 aliphatic rings. The Balaban J connectivity index is 1.37. The number of hydrogen-bond donors (Lipinski definition) is 0. The minimum absolute atomic E-state index is 0.220. The number of hydrogen-bond acceptors (Lipinski definition) is 4. The number of aryl methyl sites for hydroxylation is 1. The van der Waals surface area contributed by atoms with Crippen LogP contribution in [0.1, 0.15) is 18.4 Å². The van der Waals surface area contributed by atoms with Crippen LogP contribution in [0.25, 0.3) is 0 Å². The highest BCUT2D eigenvalue weighted by molar-refractivity contribution is 5.76. The molecule has 1 saturated heterocycles. The number of ether oxygens (including phenoxy) is 2. The number of benzene rings is 2. The highest BCUT2D eigenvalue weighted by atomic mass is 16.5. The number of nitrogens with zero attached hydrogens (tertiary/aromatic N) is 2. The van der Waals surface area contributed by atoms with Crippen molar-refractivity contribution in [1.29, 1.82) is 0 Å². The molecule has 1 heterocycles. The molecule has 0 atom stereocenters. The highest BCUT2D eigenvalue weighted by Crippen LogP contribution is 2.21. The molecule has 144 valence electrons. The van der Waals surface area contributed by atoms with E-state index in [1.54, 1.807) is 7.11 Å². The third-order valence-electron chi connectivity index (χ3n) is 4.95. The molecule has 0 aromatic heterocycles. The standard InChI is InChI=1S/C22H28N2O3/c1-18-6-3-4-7-21(18)23-13-15-24(16-14-23)22(25)8-5-17-27-20-11-9-19(26-2)10-12-20/h3-4,6-7,9-12H,5,8,13-17H2,1-2H3. The second-order valence-electron chi connectivity index (χ2n) is 6.78. The van der Waals surface area contributed by atoms with Crippen molar-refractivity contribution in [2.45, 2.75) is 19.8 Å². The summed E-state index contributed by atoms with van der Waals surface area (Å²) in [6, 6.07) is 15.9. The van der Waals surface area contributed by atoms with E-state index in [4.69, 9.17) is 9.47 Å². The van der Waals surface area contributed by atoms with E-state index in [9.17, 15) is 4.79 Å². The van der Waals surface area contributed by atoms with E-state index in [0.717, 1.165) is 44.1 Å².